The minimum absolute atomic E-state index is 0.0181. The van der Waals surface area contributed by atoms with Crippen molar-refractivity contribution in [3.05, 3.63) is 35.9 Å². The first-order valence-electron chi connectivity index (χ1n) is 7.81. The number of nitrogens with zero attached hydrogens (tertiary/aromatic N) is 1. The molecule has 0 spiro atoms. The van der Waals surface area contributed by atoms with Crippen LogP contribution in [0, 0.1) is 0 Å². The third-order valence-electron chi connectivity index (χ3n) is 3.87. The second-order valence-corrected chi connectivity index (χ2v) is 7.67. The Kier molecular flexibility index (Phi) is 6.56. The van der Waals surface area contributed by atoms with E-state index in [2.05, 4.69) is 4.72 Å². The normalized spacial score (nSPS) is 18.8. The third-order valence-corrected chi connectivity index (χ3v) is 4.56. The molecule has 23 heavy (non-hydrogen) atoms. The Balaban J connectivity index is 1.82. The fourth-order valence-electron chi connectivity index (χ4n) is 2.70. The molecule has 1 N–H and O–H groups in total. The Hall–Kier alpha value is -1.44. The second-order valence-electron chi connectivity index (χ2n) is 5.84. The van der Waals surface area contributed by atoms with E-state index >= 15 is 0 Å². The molecule has 1 aromatic carbocycles. The highest BCUT2D eigenvalue weighted by Gasteiger charge is 2.27. The van der Waals surface area contributed by atoms with E-state index in [0.29, 0.717) is 13.2 Å². The van der Waals surface area contributed by atoms with Crippen molar-refractivity contribution in [2.75, 3.05) is 26.0 Å². The molecule has 128 valence electrons. The molecule has 1 aromatic rings. The number of amides is 1. The van der Waals surface area contributed by atoms with Gasteiger partial charge in [0.1, 0.15) is 6.61 Å². The molecular formula is C16H24N2O4S. The monoisotopic (exact) mass is 340 g/mol. The maximum atomic E-state index is 12.3. The number of nitrogens with one attached hydrogen (secondary N) is 1. The molecule has 0 bridgehead atoms. The van der Waals surface area contributed by atoms with Crippen LogP contribution in [0.4, 0.5) is 0 Å². The SMILES string of the molecule is CS(=O)(=O)NCC1CCCCN1C(=O)COCc1ccccc1. The van der Waals surface area contributed by atoms with Crippen molar-refractivity contribution >= 4 is 15.9 Å². The zero-order chi connectivity index (χ0) is 16.7. The molecule has 1 unspecified atom stereocenters. The Morgan fingerprint density at radius 1 is 1.30 bits per heavy atom. The van der Waals surface area contributed by atoms with Crippen molar-refractivity contribution < 1.29 is 17.9 Å². The van der Waals surface area contributed by atoms with E-state index in [1.807, 2.05) is 30.3 Å². The van der Waals surface area contributed by atoms with Crippen LogP contribution in [0.5, 0.6) is 0 Å². The lowest BCUT2D eigenvalue weighted by Crippen LogP contribution is -2.50. The molecule has 1 aliphatic rings. The van der Waals surface area contributed by atoms with Crippen LogP contribution in [0.25, 0.3) is 0 Å². The van der Waals surface area contributed by atoms with Crippen LogP contribution in [0.3, 0.4) is 0 Å². The van der Waals surface area contributed by atoms with Gasteiger partial charge in [-0.2, -0.15) is 0 Å². The highest BCUT2D eigenvalue weighted by molar-refractivity contribution is 7.88. The molecule has 2 rings (SSSR count). The minimum atomic E-state index is -3.24. The van der Waals surface area contributed by atoms with Gasteiger partial charge in [-0.1, -0.05) is 30.3 Å². The van der Waals surface area contributed by atoms with Gasteiger partial charge in [-0.05, 0) is 24.8 Å². The lowest BCUT2D eigenvalue weighted by molar-refractivity contribution is -0.140. The molecule has 0 saturated carbocycles. The number of likely N-dealkylation sites (tertiary alicyclic amines) is 1. The van der Waals surface area contributed by atoms with Gasteiger partial charge in [0.05, 0.1) is 12.9 Å². The summed E-state index contributed by atoms with van der Waals surface area (Å²) in [6.07, 6.45) is 3.89. The quantitative estimate of drug-likeness (QED) is 0.807. The highest BCUT2D eigenvalue weighted by atomic mass is 32.2. The molecule has 1 atom stereocenters. The lowest BCUT2D eigenvalue weighted by atomic mass is 10.0. The van der Waals surface area contributed by atoms with E-state index in [9.17, 15) is 13.2 Å². The summed E-state index contributed by atoms with van der Waals surface area (Å²) in [5, 5.41) is 0. The van der Waals surface area contributed by atoms with E-state index in [-0.39, 0.29) is 25.1 Å². The van der Waals surface area contributed by atoms with Gasteiger partial charge in [0.2, 0.25) is 15.9 Å². The molecule has 7 heteroatoms. The van der Waals surface area contributed by atoms with Crippen molar-refractivity contribution in [2.45, 2.75) is 31.9 Å². The van der Waals surface area contributed by atoms with Crippen LogP contribution in [-0.4, -0.2) is 51.2 Å². The minimum Gasteiger partial charge on any atom is -0.367 e. The van der Waals surface area contributed by atoms with Crippen LogP contribution < -0.4 is 4.72 Å². The van der Waals surface area contributed by atoms with Gasteiger partial charge in [-0.25, -0.2) is 13.1 Å². The maximum absolute atomic E-state index is 12.3. The molecule has 0 aliphatic carbocycles. The molecular weight excluding hydrogens is 316 g/mol. The summed E-state index contributed by atoms with van der Waals surface area (Å²) in [5.41, 5.74) is 1.02. The molecule has 1 heterocycles. The van der Waals surface area contributed by atoms with E-state index in [4.69, 9.17) is 4.74 Å². The molecule has 1 amide bonds. The number of ether oxygens (including phenoxy) is 1. The Bertz CT molecular complexity index is 604. The van der Waals surface area contributed by atoms with Gasteiger partial charge in [0.15, 0.2) is 0 Å². The molecule has 6 nitrogen and oxygen atoms in total. The molecule has 1 saturated heterocycles. The van der Waals surface area contributed by atoms with Crippen molar-refractivity contribution in [1.82, 2.24) is 9.62 Å². The molecule has 0 aromatic heterocycles. The first kappa shape index (κ1) is 17.9. The Labute approximate surface area is 137 Å². The van der Waals surface area contributed by atoms with E-state index in [1.54, 1.807) is 4.90 Å². The zero-order valence-electron chi connectivity index (χ0n) is 13.4. The average molecular weight is 340 g/mol. The number of benzene rings is 1. The Morgan fingerprint density at radius 3 is 2.74 bits per heavy atom. The van der Waals surface area contributed by atoms with Gasteiger partial charge in [0, 0.05) is 19.1 Å². The molecule has 0 radical (unpaired) electrons. The topological polar surface area (TPSA) is 75.7 Å². The van der Waals surface area contributed by atoms with Crippen molar-refractivity contribution in [1.29, 1.82) is 0 Å². The number of sulfonamides is 1. The molecule has 1 fully saturated rings. The van der Waals surface area contributed by atoms with Crippen molar-refractivity contribution in [3.63, 3.8) is 0 Å². The number of hydrogen-bond acceptors (Lipinski definition) is 4. The smallest absolute Gasteiger partial charge is 0.248 e. The first-order valence-corrected chi connectivity index (χ1v) is 9.70. The van der Waals surface area contributed by atoms with Gasteiger partial charge >= 0.3 is 0 Å². The third kappa shape index (κ3) is 6.29. The summed E-state index contributed by atoms with van der Waals surface area (Å²) in [7, 11) is -3.24. The fourth-order valence-corrected chi connectivity index (χ4v) is 3.20. The molecule has 1 aliphatic heterocycles. The standard InChI is InChI=1S/C16H24N2O4S/c1-23(20,21)17-11-15-9-5-6-10-18(15)16(19)13-22-12-14-7-3-2-4-8-14/h2-4,7-8,15,17H,5-6,9-13H2,1H3. The predicted octanol–water partition coefficient (Wildman–Crippen LogP) is 1.13. The first-order chi connectivity index (χ1) is 11.0. The predicted molar refractivity (Wildman–Crippen MR) is 88.3 cm³/mol. The summed E-state index contributed by atoms with van der Waals surface area (Å²) in [6.45, 7) is 1.34. The van der Waals surface area contributed by atoms with Crippen LogP contribution in [-0.2, 0) is 26.2 Å². The van der Waals surface area contributed by atoms with Crippen LogP contribution >= 0.6 is 0 Å². The van der Waals surface area contributed by atoms with E-state index < -0.39 is 10.0 Å². The number of carbonyl (C=O) groups excluding carboxylic acids is 1. The average Bonchev–Trinajstić information content (AvgIpc) is 2.53. The van der Waals surface area contributed by atoms with Crippen LogP contribution in [0.2, 0.25) is 0 Å². The van der Waals surface area contributed by atoms with Gasteiger partial charge in [0.25, 0.3) is 0 Å². The van der Waals surface area contributed by atoms with Crippen molar-refractivity contribution in [3.8, 4) is 0 Å². The number of hydrogen-bond donors (Lipinski definition) is 1. The number of rotatable bonds is 7. The highest BCUT2D eigenvalue weighted by Crippen LogP contribution is 2.17. The summed E-state index contributed by atoms with van der Waals surface area (Å²) in [4.78, 5) is 14.1. The lowest BCUT2D eigenvalue weighted by Gasteiger charge is -2.35. The zero-order valence-corrected chi connectivity index (χ0v) is 14.2. The second kappa shape index (κ2) is 8.42. The Morgan fingerprint density at radius 2 is 2.04 bits per heavy atom. The van der Waals surface area contributed by atoms with Crippen molar-refractivity contribution in [2.24, 2.45) is 0 Å². The maximum Gasteiger partial charge on any atom is 0.248 e. The summed E-state index contributed by atoms with van der Waals surface area (Å²) in [6, 6.07) is 9.60. The summed E-state index contributed by atoms with van der Waals surface area (Å²) < 4.78 is 30.5. The fraction of sp³-hybridized carbons (Fsp3) is 0.562. The summed E-state index contributed by atoms with van der Waals surface area (Å²) >= 11 is 0. The van der Waals surface area contributed by atoms with Gasteiger partial charge in [-0.15, -0.1) is 0 Å². The van der Waals surface area contributed by atoms with E-state index in [1.165, 1.54) is 0 Å². The number of piperidine rings is 1. The van der Waals surface area contributed by atoms with Gasteiger partial charge in [-0.3, -0.25) is 4.79 Å². The summed E-state index contributed by atoms with van der Waals surface area (Å²) in [5.74, 6) is -0.0825. The van der Waals surface area contributed by atoms with E-state index in [0.717, 1.165) is 31.1 Å². The van der Waals surface area contributed by atoms with Gasteiger partial charge < -0.3 is 9.64 Å². The largest absolute Gasteiger partial charge is 0.367 e. The van der Waals surface area contributed by atoms with Crippen LogP contribution in [0.15, 0.2) is 30.3 Å². The number of carbonyl (C=O) groups is 1. The van der Waals surface area contributed by atoms with Crippen LogP contribution in [0.1, 0.15) is 24.8 Å².